The van der Waals surface area contributed by atoms with E-state index >= 15 is 0 Å². The van der Waals surface area contributed by atoms with Gasteiger partial charge in [0.15, 0.2) is 0 Å². The molecule has 0 aromatic heterocycles. The molecule has 3 rings (SSSR count). The van der Waals surface area contributed by atoms with Crippen molar-refractivity contribution in [1.82, 2.24) is 4.90 Å². The third-order valence-electron chi connectivity index (χ3n) is 4.90. The van der Waals surface area contributed by atoms with Gasteiger partial charge in [0.05, 0.1) is 40.4 Å². The van der Waals surface area contributed by atoms with Gasteiger partial charge in [0, 0.05) is 25.2 Å². The average molecular weight is 442 g/mol. The van der Waals surface area contributed by atoms with Gasteiger partial charge in [0.25, 0.3) is 11.4 Å². The maximum Gasteiger partial charge on any atom is 0.411 e. The fraction of sp³-hybridized carbons (Fsp3) is 0.286. The van der Waals surface area contributed by atoms with E-state index in [1.165, 1.54) is 0 Å². The lowest BCUT2D eigenvalue weighted by Crippen LogP contribution is -2.51. The van der Waals surface area contributed by atoms with Gasteiger partial charge in [-0.2, -0.15) is 0 Å². The molecule has 1 amide bonds. The maximum absolute atomic E-state index is 12.3. The Hall–Kier alpha value is -3.83. The Morgan fingerprint density at radius 3 is 2.44 bits per heavy atom. The number of nitro benzene ring substituents is 2. The molecule has 2 aromatic rings. The van der Waals surface area contributed by atoms with Crippen LogP contribution in [-0.2, 0) is 16.0 Å². The van der Waals surface area contributed by atoms with Crippen LogP contribution in [0.1, 0.15) is 5.56 Å². The Morgan fingerprint density at radius 2 is 1.84 bits per heavy atom. The maximum atomic E-state index is 12.3. The highest BCUT2D eigenvalue weighted by Crippen LogP contribution is 2.26. The predicted molar refractivity (Wildman–Crippen MR) is 115 cm³/mol. The fourth-order valence-electron chi connectivity index (χ4n) is 3.28. The molecule has 0 bridgehead atoms. The molecule has 1 heterocycles. The zero-order valence-electron chi connectivity index (χ0n) is 17.1. The van der Waals surface area contributed by atoms with Crippen molar-refractivity contribution in [2.24, 2.45) is 0 Å². The SMILES string of the molecule is C=C[C@H]1CN(Cc2ccccc2)[C@H](COC(=O)Nc2cc([N+](=O)[O-])cc([N+](=O)[O-])c2)CO1. The molecule has 0 unspecified atom stereocenters. The minimum absolute atomic E-state index is 0.000447. The zero-order valence-corrected chi connectivity index (χ0v) is 17.1. The van der Waals surface area contributed by atoms with E-state index in [0.717, 1.165) is 23.8 Å². The summed E-state index contributed by atoms with van der Waals surface area (Å²) < 4.78 is 11.0. The van der Waals surface area contributed by atoms with Crippen LogP contribution in [-0.4, -0.2) is 52.7 Å². The highest BCUT2D eigenvalue weighted by molar-refractivity contribution is 5.85. The van der Waals surface area contributed by atoms with Crippen LogP contribution in [0.4, 0.5) is 21.9 Å². The normalized spacial score (nSPS) is 18.5. The molecular formula is C21H22N4O7. The summed E-state index contributed by atoms with van der Waals surface area (Å²) in [6.07, 6.45) is 0.691. The second kappa shape index (κ2) is 10.5. The molecule has 11 heteroatoms. The van der Waals surface area contributed by atoms with Gasteiger partial charge in [-0.25, -0.2) is 4.79 Å². The number of carbonyl (C=O) groups excluding carboxylic acids is 1. The van der Waals surface area contributed by atoms with E-state index in [-0.39, 0.29) is 24.4 Å². The topological polar surface area (TPSA) is 137 Å². The standard InChI is InChI=1S/C21H22N4O7/c1-2-20-12-23(11-15-6-4-3-5-7-15)19(13-31-20)14-32-21(26)22-16-8-17(24(27)28)10-18(9-16)25(29)30/h2-10,19-20H,1,11-14H2,(H,22,26)/t19-,20-/m0/s1. The Morgan fingerprint density at radius 1 is 1.19 bits per heavy atom. The molecule has 0 spiro atoms. The Labute approximate surface area is 183 Å². The molecule has 1 aliphatic rings. The highest BCUT2D eigenvalue weighted by atomic mass is 16.6. The first-order valence-corrected chi connectivity index (χ1v) is 9.75. The van der Waals surface area contributed by atoms with Gasteiger partial charge in [-0.15, -0.1) is 6.58 Å². The van der Waals surface area contributed by atoms with Crippen LogP contribution in [0.5, 0.6) is 0 Å². The summed E-state index contributed by atoms with van der Waals surface area (Å²) in [6, 6.07) is 12.4. The van der Waals surface area contributed by atoms with E-state index in [2.05, 4.69) is 16.8 Å². The van der Waals surface area contributed by atoms with Gasteiger partial charge in [-0.3, -0.25) is 30.4 Å². The van der Waals surface area contributed by atoms with E-state index in [1.807, 2.05) is 30.3 Å². The van der Waals surface area contributed by atoms with Crippen LogP contribution in [0.3, 0.4) is 0 Å². The lowest BCUT2D eigenvalue weighted by molar-refractivity contribution is -0.394. The molecule has 2 atom stereocenters. The van der Waals surface area contributed by atoms with Gasteiger partial charge in [0.2, 0.25) is 0 Å². The number of amides is 1. The number of hydrogen-bond donors (Lipinski definition) is 1. The largest absolute Gasteiger partial charge is 0.448 e. The second-order valence-corrected chi connectivity index (χ2v) is 7.15. The van der Waals surface area contributed by atoms with E-state index < -0.39 is 27.3 Å². The predicted octanol–water partition coefficient (Wildman–Crippen LogP) is 3.51. The monoisotopic (exact) mass is 442 g/mol. The zero-order chi connectivity index (χ0) is 23.1. The summed E-state index contributed by atoms with van der Waals surface area (Å²) in [4.78, 5) is 34.8. The van der Waals surface area contributed by atoms with Crippen molar-refractivity contribution in [1.29, 1.82) is 0 Å². The summed E-state index contributed by atoms with van der Waals surface area (Å²) >= 11 is 0. The quantitative estimate of drug-likeness (QED) is 0.372. The van der Waals surface area contributed by atoms with Crippen LogP contribution in [0.15, 0.2) is 61.2 Å². The second-order valence-electron chi connectivity index (χ2n) is 7.15. The van der Waals surface area contributed by atoms with Crippen LogP contribution in [0, 0.1) is 20.2 Å². The summed E-state index contributed by atoms with van der Waals surface area (Å²) in [6.45, 7) is 5.29. The Balaban J connectivity index is 1.64. The van der Waals surface area contributed by atoms with Crippen molar-refractivity contribution < 1.29 is 24.1 Å². The Bertz CT molecular complexity index is 967. The number of morpholine rings is 1. The number of non-ortho nitro benzene ring substituents is 2. The number of rotatable bonds is 8. The molecule has 1 aliphatic heterocycles. The molecule has 32 heavy (non-hydrogen) atoms. The third-order valence-corrected chi connectivity index (χ3v) is 4.90. The number of nitro groups is 2. The summed E-state index contributed by atoms with van der Waals surface area (Å²) in [5.41, 5.74) is -0.0430. The Kier molecular flexibility index (Phi) is 7.47. The first-order chi connectivity index (χ1) is 15.4. The van der Waals surface area contributed by atoms with Crippen molar-refractivity contribution in [3.63, 3.8) is 0 Å². The first-order valence-electron chi connectivity index (χ1n) is 9.75. The van der Waals surface area contributed by atoms with Gasteiger partial charge in [-0.05, 0) is 5.56 Å². The minimum atomic E-state index is -0.884. The number of ether oxygens (including phenoxy) is 2. The van der Waals surface area contributed by atoms with E-state index in [9.17, 15) is 25.0 Å². The molecule has 1 fully saturated rings. The number of anilines is 1. The molecule has 0 saturated carbocycles. The minimum Gasteiger partial charge on any atom is -0.448 e. The van der Waals surface area contributed by atoms with E-state index in [4.69, 9.17) is 9.47 Å². The van der Waals surface area contributed by atoms with Gasteiger partial charge < -0.3 is 9.47 Å². The molecule has 2 aromatic carbocycles. The first kappa shape index (κ1) is 22.8. The van der Waals surface area contributed by atoms with Crippen molar-refractivity contribution >= 4 is 23.2 Å². The van der Waals surface area contributed by atoms with E-state index in [1.54, 1.807) is 6.08 Å². The molecule has 0 radical (unpaired) electrons. The van der Waals surface area contributed by atoms with Crippen molar-refractivity contribution in [2.45, 2.75) is 18.7 Å². The molecule has 11 nitrogen and oxygen atoms in total. The molecule has 1 saturated heterocycles. The molecule has 0 aliphatic carbocycles. The lowest BCUT2D eigenvalue weighted by Gasteiger charge is -2.38. The fourth-order valence-corrected chi connectivity index (χ4v) is 3.28. The van der Waals surface area contributed by atoms with Crippen LogP contribution < -0.4 is 5.32 Å². The van der Waals surface area contributed by atoms with Gasteiger partial charge in [0.1, 0.15) is 6.61 Å². The summed E-state index contributed by atoms with van der Waals surface area (Å²) in [7, 11) is 0. The molecule has 168 valence electrons. The van der Waals surface area contributed by atoms with Crippen LogP contribution in [0.2, 0.25) is 0 Å². The molecule has 1 N–H and O–H groups in total. The average Bonchev–Trinajstić information content (AvgIpc) is 2.78. The number of carbonyl (C=O) groups is 1. The summed E-state index contributed by atoms with van der Waals surface area (Å²) in [5.74, 6) is 0. The van der Waals surface area contributed by atoms with E-state index in [0.29, 0.717) is 19.7 Å². The van der Waals surface area contributed by atoms with Gasteiger partial charge >= 0.3 is 6.09 Å². The molecular weight excluding hydrogens is 420 g/mol. The van der Waals surface area contributed by atoms with Gasteiger partial charge in [-0.1, -0.05) is 36.4 Å². The van der Waals surface area contributed by atoms with Crippen molar-refractivity contribution in [3.05, 3.63) is 87.0 Å². The smallest absolute Gasteiger partial charge is 0.411 e. The number of benzene rings is 2. The highest BCUT2D eigenvalue weighted by Gasteiger charge is 2.29. The van der Waals surface area contributed by atoms with Crippen molar-refractivity contribution in [3.8, 4) is 0 Å². The van der Waals surface area contributed by atoms with Crippen molar-refractivity contribution in [2.75, 3.05) is 25.1 Å². The number of nitrogens with one attached hydrogen (secondary N) is 1. The van der Waals surface area contributed by atoms with Crippen LogP contribution in [0.25, 0.3) is 0 Å². The lowest BCUT2D eigenvalue weighted by atomic mass is 10.1. The summed E-state index contributed by atoms with van der Waals surface area (Å²) in [5, 5.41) is 24.3. The third kappa shape index (κ3) is 6.09. The van der Waals surface area contributed by atoms with Crippen LogP contribution >= 0.6 is 0 Å². The number of hydrogen-bond acceptors (Lipinski definition) is 8. The number of nitrogens with zero attached hydrogens (tertiary/aromatic N) is 3.